The molecule has 1 saturated heterocycles. The lowest BCUT2D eigenvalue weighted by molar-refractivity contribution is -0.158. The highest BCUT2D eigenvalue weighted by atomic mass is 16.2. The lowest BCUT2D eigenvalue weighted by Crippen LogP contribution is -2.68. The van der Waals surface area contributed by atoms with Crippen LogP contribution < -0.4 is 5.32 Å². The van der Waals surface area contributed by atoms with Crippen LogP contribution >= 0.6 is 0 Å². The van der Waals surface area contributed by atoms with Crippen molar-refractivity contribution in [2.75, 3.05) is 6.54 Å². The molecule has 2 rings (SSSR count). The zero-order chi connectivity index (χ0) is 14.9. The quantitative estimate of drug-likeness (QED) is 0.915. The van der Waals surface area contributed by atoms with Gasteiger partial charge in [0.1, 0.15) is 11.6 Å². The molecule has 4 heteroatoms. The summed E-state index contributed by atoms with van der Waals surface area (Å²) in [6.45, 7) is 8.13. The number of piperazine rings is 1. The van der Waals surface area contributed by atoms with Crippen LogP contribution in [0.5, 0.6) is 0 Å². The maximum Gasteiger partial charge on any atom is 0.251 e. The number of nitrogens with zero attached hydrogens (tertiary/aromatic N) is 1. The van der Waals surface area contributed by atoms with Gasteiger partial charge in [0.05, 0.1) is 0 Å². The summed E-state index contributed by atoms with van der Waals surface area (Å²) in [6.07, 6.45) is 0. The first-order chi connectivity index (χ1) is 9.42. The molecule has 1 fully saturated rings. The van der Waals surface area contributed by atoms with Crippen LogP contribution in [0.4, 0.5) is 0 Å². The predicted molar refractivity (Wildman–Crippen MR) is 77.9 cm³/mol. The Morgan fingerprint density at radius 3 is 2.35 bits per heavy atom. The van der Waals surface area contributed by atoms with Gasteiger partial charge in [-0.2, -0.15) is 0 Å². The van der Waals surface area contributed by atoms with E-state index in [1.165, 1.54) is 0 Å². The number of carbonyl (C=O) groups is 2. The van der Waals surface area contributed by atoms with Gasteiger partial charge in [0, 0.05) is 6.54 Å². The Morgan fingerprint density at radius 2 is 1.85 bits per heavy atom. The minimum atomic E-state index is -0.932. The molecule has 2 atom stereocenters. The molecule has 1 heterocycles. The maximum absolute atomic E-state index is 12.6. The first-order valence-electron chi connectivity index (χ1n) is 7.10. The molecule has 0 aliphatic carbocycles. The fourth-order valence-corrected chi connectivity index (χ4v) is 2.83. The van der Waals surface area contributed by atoms with Gasteiger partial charge in [-0.05, 0) is 25.3 Å². The summed E-state index contributed by atoms with van der Waals surface area (Å²) in [5, 5.41) is 2.89. The van der Waals surface area contributed by atoms with Crippen molar-refractivity contribution in [1.82, 2.24) is 10.2 Å². The van der Waals surface area contributed by atoms with Gasteiger partial charge in [0.25, 0.3) is 5.91 Å². The van der Waals surface area contributed by atoms with E-state index in [1.807, 2.05) is 58.0 Å². The molecule has 0 radical (unpaired) electrons. The molecular weight excluding hydrogens is 252 g/mol. The van der Waals surface area contributed by atoms with Gasteiger partial charge >= 0.3 is 0 Å². The van der Waals surface area contributed by atoms with Crippen LogP contribution in [-0.2, 0) is 15.1 Å². The van der Waals surface area contributed by atoms with E-state index in [0.29, 0.717) is 6.54 Å². The second-order valence-electron chi connectivity index (χ2n) is 5.72. The Bertz CT molecular complexity index is 512. The van der Waals surface area contributed by atoms with Gasteiger partial charge in [-0.25, -0.2) is 0 Å². The normalized spacial score (nSPS) is 26.9. The van der Waals surface area contributed by atoms with E-state index < -0.39 is 11.6 Å². The highest BCUT2D eigenvalue weighted by Gasteiger charge is 2.50. The Kier molecular flexibility index (Phi) is 3.84. The molecule has 4 nitrogen and oxygen atoms in total. The molecule has 1 aromatic rings. The number of hydrogen-bond donors (Lipinski definition) is 1. The number of nitrogens with one attached hydrogen (secondary N) is 1. The van der Waals surface area contributed by atoms with Crippen molar-refractivity contribution in [3.63, 3.8) is 0 Å². The average molecular weight is 274 g/mol. The third kappa shape index (κ3) is 2.09. The lowest BCUT2D eigenvalue weighted by atomic mass is 9.84. The molecule has 1 aromatic carbocycles. The smallest absolute Gasteiger partial charge is 0.251 e. The summed E-state index contributed by atoms with van der Waals surface area (Å²) in [5.41, 5.74) is -0.0896. The summed E-state index contributed by atoms with van der Waals surface area (Å²) in [7, 11) is 0. The highest BCUT2D eigenvalue weighted by Crippen LogP contribution is 2.33. The third-order valence-electron chi connectivity index (χ3n) is 4.12. The van der Waals surface area contributed by atoms with E-state index in [1.54, 1.807) is 4.90 Å². The van der Waals surface area contributed by atoms with Gasteiger partial charge < -0.3 is 10.2 Å². The first-order valence-corrected chi connectivity index (χ1v) is 7.10. The number of amides is 2. The van der Waals surface area contributed by atoms with Crippen LogP contribution in [0.25, 0.3) is 0 Å². The summed E-state index contributed by atoms with van der Waals surface area (Å²) in [5.74, 6) is -0.0295. The zero-order valence-electron chi connectivity index (χ0n) is 12.5. The van der Waals surface area contributed by atoms with E-state index in [2.05, 4.69) is 5.32 Å². The van der Waals surface area contributed by atoms with E-state index in [0.717, 1.165) is 5.56 Å². The van der Waals surface area contributed by atoms with Crippen molar-refractivity contribution >= 4 is 11.8 Å². The fourth-order valence-electron chi connectivity index (χ4n) is 2.83. The largest absolute Gasteiger partial charge is 0.342 e. The number of hydrogen-bond acceptors (Lipinski definition) is 2. The van der Waals surface area contributed by atoms with Gasteiger partial charge in [0.2, 0.25) is 5.91 Å². The van der Waals surface area contributed by atoms with E-state index in [9.17, 15) is 9.59 Å². The second-order valence-corrected chi connectivity index (χ2v) is 5.72. The fraction of sp³-hybridized carbons (Fsp3) is 0.500. The van der Waals surface area contributed by atoms with Crippen LogP contribution in [0, 0.1) is 5.92 Å². The Hall–Kier alpha value is -1.84. The Balaban J connectivity index is 2.48. The van der Waals surface area contributed by atoms with E-state index in [-0.39, 0.29) is 17.7 Å². The van der Waals surface area contributed by atoms with Crippen molar-refractivity contribution in [2.24, 2.45) is 5.92 Å². The van der Waals surface area contributed by atoms with E-state index in [4.69, 9.17) is 0 Å². The maximum atomic E-state index is 12.6. The van der Waals surface area contributed by atoms with Crippen LogP contribution in [0.2, 0.25) is 0 Å². The first kappa shape index (κ1) is 14.6. The summed E-state index contributed by atoms with van der Waals surface area (Å²) in [4.78, 5) is 27.0. The molecule has 2 amide bonds. The van der Waals surface area contributed by atoms with Crippen molar-refractivity contribution in [2.45, 2.75) is 39.3 Å². The van der Waals surface area contributed by atoms with E-state index >= 15 is 0 Å². The minimum Gasteiger partial charge on any atom is -0.342 e. The van der Waals surface area contributed by atoms with Crippen LogP contribution in [0.3, 0.4) is 0 Å². The molecule has 2 unspecified atom stereocenters. The molecule has 0 saturated carbocycles. The van der Waals surface area contributed by atoms with Crippen LogP contribution in [0.15, 0.2) is 30.3 Å². The average Bonchev–Trinajstić information content (AvgIpc) is 2.44. The standard InChI is InChI=1S/C16H22N2O2/c1-5-18-14(19)13(11(2)3)17-15(20)16(18,4)12-9-7-6-8-10-12/h6-11,13H,5H2,1-4H3,(H,17,20). The molecule has 1 aliphatic heterocycles. The third-order valence-corrected chi connectivity index (χ3v) is 4.12. The van der Waals surface area contributed by atoms with Crippen molar-refractivity contribution in [3.05, 3.63) is 35.9 Å². The van der Waals surface area contributed by atoms with Crippen molar-refractivity contribution in [1.29, 1.82) is 0 Å². The zero-order valence-corrected chi connectivity index (χ0v) is 12.5. The van der Waals surface area contributed by atoms with Crippen molar-refractivity contribution in [3.8, 4) is 0 Å². The SMILES string of the molecule is CCN1C(=O)C(C(C)C)NC(=O)C1(C)c1ccccc1. The summed E-state index contributed by atoms with van der Waals surface area (Å²) < 4.78 is 0. The molecule has 1 aliphatic rings. The molecule has 0 aromatic heterocycles. The molecule has 20 heavy (non-hydrogen) atoms. The number of likely N-dealkylation sites (N-methyl/N-ethyl adjacent to an activating group) is 1. The molecular formula is C16H22N2O2. The van der Waals surface area contributed by atoms with Gasteiger partial charge in [-0.3, -0.25) is 9.59 Å². The molecule has 0 spiro atoms. The van der Waals surface area contributed by atoms with Crippen molar-refractivity contribution < 1.29 is 9.59 Å². The minimum absolute atomic E-state index is 0.00606. The predicted octanol–water partition coefficient (Wildman–Crippen LogP) is 1.90. The van der Waals surface area contributed by atoms with Crippen LogP contribution in [0.1, 0.15) is 33.3 Å². The summed E-state index contributed by atoms with van der Waals surface area (Å²) >= 11 is 0. The Morgan fingerprint density at radius 1 is 1.25 bits per heavy atom. The number of rotatable bonds is 3. The van der Waals surface area contributed by atoms with Crippen LogP contribution in [-0.4, -0.2) is 29.3 Å². The molecule has 0 bridgehead atoms. The topological polar surface area (TPSA) is 49.4 Å². The number of benzene rings is 1. The Labute approximate surface area is 120 Å². The monoisotopic (exact) mass is 274 g/mol. The second kappa shape index (κ2) is 5.27. The molecule has 1 N–H and O–H groups in total. The summed E-state index contributed by atoms with van der Waals surface area (Å²) in [6, 6.07) is 9.04. The lowest BCUT2D eigenvalue weighted by Gasteiger charge is -2.47. The van der Waals surface area contributed by atoms with Gasteiger partial charge in [-0.15, -0.1) is 0 Å². The molecule has 108 valence electrons. The number of carbonyl (C=O) groups excluding carboxylic acids is 2. The van der Waals surface area contributed by atoms with Gasteiger partial charge in [-0.1, -0.05) is 44.2 Å². The highest BCUT2D eigenvalue weighted by molar-refractivity contribution is 6.00. The van der Waals surface area contributed by atoms with Gasteiger partial charge in [0.15, 0.2) is 0 Å².